The van der Waals surface area contributed by atoms with Crippen molar-refractivity contribution in [3.63, 3.8) is 0 Å². The van der Waals surface area contributed by atoms with Crippen LogP contribution in [0.4, 0.5) is 5.69 Å². The van der Waals surface area contributed by atoms with E-state index in [4.69, 9.17) is 0 Å². The second-order valence-corrected chi connectivity index (χ2v) is 9.71. The lowest BCUT2D eigenvalue weighted by molar-refractivity contribution is -0.115. The zero-order valence-electron chi connectivity index (χ0n) is 15.2. The van der Waals surface area contributed by atoms with Gasteiger partial charge in [-0.15, -0.1) is 0 Å². The van der Waals surface area contributed by atoms with Gasteiger partial charge in [0.05, 0.1) is 15.2 Å². The van der Waals surface area contributed by atoms with E-state index in [1.165, 1.54) is 16.1 Å². The fourth-order valence-corrected chi connectivity index (χ4v) is 5.18. The topological polar surface area (TPSA) is 79.4 Å². The Kier molecular flexibility index (Phi) is 6.51. The molecular weight excluding hydrogens is 382 g/mol. The second-order valence-electron chi connectivity index (χ2n) is 6.41. The fourth-order valence-electron chi connectivity index (χ4n) is 2.86. The molecule has 1 amide bonds. The summed E-state index contributed by atoms with van der Waals surface area (Å²) in [6, 6.07) is 11.9. The van der Waals surface area contributed by atoms with Crippen LogP contribution in [0.3, 0.4) is 0 Å². The fraction of sp³-hybridized carbons (Fsp3) is 0.368. The van der Waals surface area contributed by atoms with Gasteiger partial charge in [0.2, 0.25) is 15.9 Å². The number of thioether (sulfide) groups is 1. The number of rotatable bonds is 6. The molecule has 2 heterocycles. The molecule has 0 spiro atoms. The molecule has 0 saturated carbocycles. The molecular formula is C19H23N3O3S2. The molecule has 0 unspecified atom stereocenters. The van der Waals surface area contributed by atoms with E-state index in [9.17, 15) is 13.2 Å². The molecule has 1 saturated heterocycles. The number of anilines is 1. The molecule has 1 aliphatic rings. The van der Waals surface area contributed by atoms with E-state index in [2.05, 4.69) is 10.3 Å². The van der Waals surface area contributed by atoms with Gasteiger partial charge in [-0.1, -0.05) is 24.2 Å². The van der Waals surface area contributed by atoms with E-state index in [-0.39, 0.29) is 16.1 Å². The third-order valence-electron chi connectivity index (χ3n) is 4.38. The van der Waals surface area contributed by atoms with Gasteiger partial charge >= 0.3 is 0 Å². The van der Waals surface area contributed by atoms with Gasteiger partial charge in [-0.3, -0.25) is 4.79 Å². The van der Waals surface area contributed by atoms with E-state index in [0.29, 0.717) is 18.8 Å². The summed E-state index contributed by atoms with van der Waals surface area (Å²) in [5, 5.41) is 3.28. The summed E-state index contributed by atoms with van der Waals surface area (Å²) < 4.78 is 26.9. The zero-order chi connectivity index (χ0) is 19.3. The van der Waals surface area contributed by atoms with Crippen LogP contribution in [0.1, 0.15) is 26.2 Å². The number of nitrogens with one attached hydrogen (secondary N) is 1. The van der Waals surface area contributed by atoms with E-state index < -0.39 is 10.0 Å². The van der Waals surface area contributed by atoms with Crippen LogP contribution in [-0.4, -0.2) is 42.0 Å². The molecule has 1 fully saturated rings. The number of aromatic nitrogens is 1. The maximum atomic E-state index is 12.7. The number of hydrogen-bond acceptors (Lipinski definition) is 5. The van der Waals surface area contributed by atoms with E-state index in [1.807, 2.05) is 25.1 Å². The number of pyridine rings is 1. The summed E-state index contributed by atoms with van der Waals surface area (Å²) in [5.74, 6) is -0.155. The molecule has 8 heteroatoms. The highest BCUT2D eigenvalue weighted by Gasteiger charge is 2.25. The molecule has 0 radical (unpaired) electrons. The quantitative estimate of drug-likeness (QED) is 0.746. The molecule has 3 rings (SSSR count). The summed E-state index contributed by atoms with van der Waals surface area (Å²) >= 11 is 1.37. The molecule has 0 aliphatic carbocycles. The largest absolute Gasteiger partial charge is 0.325 e. The van der Waals surface area contributed by atoms with Crippen molar-refractivity contribution in [3.05, 3.63) is 48.7 Å². The molecule has 1 atom stereocenters. The summed E-state index contributed by atoms with van der Waals surface area (Å²) in [6.45, 7) is 2.95. The van der Waals surface area contributed by atoms with Crippen molar-refractivity contribution in [2.24, 2.45) is 0 Å². The Bertz CT molecular complexity index is 865. The van der Waals surface area contributed by atoms with Crippen molar-refractivity contribution >= 4 is 33.4 Å². The predicted molar refractivity (Wildman–Crippen MR) is 107 cm³/mol. The first-order valence-corrected chi connectivity index (χ1v) is 11.3. The van der Waals surface area contributed by atoms with Gasteiger partial charge in [0.15, 0.2) is 0 Å². The van der Waals surface area contributed by atoms with Gasteiger partial charge < -0.3 is 5.32 Å². The van der Waals surface area contributed by atoms with E-state index in [1.54, 1.807) is 30.5 Å². The predicted octanol–water partition coefficient (Wildman–Crippen LogP) is 3.38. The maximum absolute atomic E-state index is 12.7. The third kappa shape index (κ3) is 5.09. The summed E-state index contributed by atoms with van der Waals surface area (Å²) in [4.78, 5) is 16.8. The maximum Gasteiger partial charge on any atom is 0.243 e. The first-order valence-electron chi connectivity index (χ1n) is 8.95. The highest BCUT2D eigenvalue weighted by Crippen LogP contribution is 2.24. The van der Waals surface area contributed by atoms with Crippen LogP contribution in [0, 0.1) is 0 Å². The Morgan fingerprint density at radius 2 is 1.81 bits per heavy atom. The molecule has 1 aromatic heterocycles. The highest BCUT2D eigenvalue weighted by molar-refractivity contribution is 8.00. The number of sulfonamides is 1. The second kappa shape index (κ2) is 8.86. The number of nitrogens with zero attached hydrogens (tertiary/aromatic N) is 2. The van der Waals surface area contributed by atoms with Crippen molar-refractivity contribution < 1.29 is 13.2 Å². The molecule has 0 bridgehead atoms. The van der Waals surface area contributed by atoms with Crippen LogP contribution in [0.25, 0.3) is 0 Å². The molecule has 1 aromatic carbocycles. The molecule has 6 nitrogen and oxygen atoms in total. The lowest BCUT2D eigenvalue weighted by Gasteiger charge is -2.25. The van der Waals surface area contributed by atoms with Crippen molar-refractivity contribution in [2.75, 3.05) is 18.4 Å². The van der Waals surface area contributed by atoms with Gasteiger partial charge in [0, 0.05) is 25.0 Å². The number of hydrogen-bond donors (Lipinski definition) is 1. The van der Waals surface area contributed by atoms with Gasteiger partial charge in [0.1, 0.15) is 0 Å². The zero-order valence-corrected chi connectivity index (χ0v) is 16.8. The Labute approximate surface area is 164 Å². The Morgan fingerprint density at radius 1 is 1.11 bits per heavy atom. The van der Waals surface area contributed by atoms with Gasteiger partial charge in [-0.2, -0.15) is 4.31 Å². The summed E-state index contributed by atoms with van der Waals surface area (Å²) in [6.07, 6.45) is 4.57. The van der Waals surface area contributed by atoms with Crippen LogP contribution >= 0.6 is 11.8 Å². The van der Waals surface area contributed by atoms with Crippen molar-refractivity contribution in [3.8, 4) is 0 Å². The average molecular weight is 406 g/mol. The van der Waals surface area contributed by atoms with Gasteiger partial charge in [0.25, 0.3) is 0 Å². The summed E-state index contributed by atoms with van der Waals surface area (Å²) in [5.41, 5.74) is 0.575. The van der Waals surface area contributed by atoms with Gasteiger partial charge in [-0.05, 0) is 56.2 Å². The number of carbonyl (C=O) groups is 1. The normalized spacial score (nSPS) is 16.6. The minimum Gasteiger partial charge on any atom is -0.325 e. The highest BCUT2D eigenvalue weighted by atomic mass is 32.2. The van der Waals surface area contributed by atoms with Crippen molar-refractivity contribution in [1.29, 1.82) is 0 Å². The summed E-state index contributed by atoms with van der Waals surface area (Å²) in [7, 11) is -3.46. The first-order chi connectivity index (χ1) is 13.0. The minimum absolute atomic E-state index is 0.155. The third-order valence-corrected chi connectivity index (χ3v) is 7.34. The van der Waals surface area contributed by atoms with Crippen LogP contribution in [0.15, 0.2) is 58.6 Å². The number of carbonyl (C=O) groups excluding carboxylic acids is 1. The lowest BCUT2D eigenvalue weighted by Crippen LogP contribution is -2.35. The van der Waals surface area contributed by atoms with Crippen molar-refractivity contribution in [1.82, 2.24) is 9.29 Å². The van der Waals surface area contributed by atoms with E-state index in [0.717, 1.165) is 24.3 Å². The standard InChI is InChI=1S/C19H23N3O3S2/c1-15(26-18-7-3-4-12-20-18)19(23)21-16-8-10-17(11-9-16)27(24,25)22-13-5-2-6-14-22/h3-4,7-12,15H,2,5-6,13-14H2,1H3,(H,21,23)/t15-/m0/s1. The Balaban J connectivity index is 1.62. The average Bonchev–Trinajstić information content (AvgIpc) is 2.70. The number of amides is 1. The van der Waals surface area contributed by atoms with Gasteiger partial charge in [-0.25, -0.2) is 13.4 Å². The Hall–Kier alpha value is -1.90. The minimum atomic E-state index is -3.46. The molecule has 144 valence electrons. The van der Waals surface area contributed by atoms with Crippen LogP contribution < -0.4 is 5.32 Å². The monoisotopic (exact) mass is 405 g/mol. The van der Waals surface area contributed by atoms with Crippen molar-refractivity contribution in [2.45, 2.75) is 41.4 Å². The SMILES string of the molecule is C[C@H](Sc1ccccn1)C(=O)Nc1ccc(S(=O)(=O)N2CCCCC2)cc1. The molecule has 1 aliphatic heterocycles. The smallest absolute Gasteiger partial charge is 0.243 e. The van der Waals surface area contributed by atoms with Crippen LogP contribution in [0.5, 0.6) is 0 Å². The van der Waals surface area contributed by atoms with Crippen LogP contribution in [-0.2, 0) is 14.8 Å². The number of benzene rings is 1. The van der Waals surface area contributed by atoms with E-state index >= 15 is 0 Å². The molecule has 2 aromatic rings. The van der Waals surface area contributed by atoms with Crippen LogP contribution in [0.2, 0.25) is 0 Å². The molecule has 1 N–H and O–H groups in total. The first kappa shape index (κ1) is 19.9. The number of piperidine rings is 1. The lowest BCUT2D eigenvalue weighted by atomic mass is 10.2. The molecule has 27 heavy (non-hydrogen) atoms. The Morgan fingerprint density at radius 3 is 2.44 bits per heavy atom.